The van der Waals surface area contributed by atoms with Crippen LogP contribution in [-0.2, 0) is 4.74 Å². The number of rotatable bonds is 6. The average molecular weight is 239 g/mol. The highest BCUT2D eigenvalue weighted by atomic mass is 16.5. The molecule has 1 N–H and O–H groups in total. The van der Waals surface area contributed by atoms with Crippen molar-refractivity contribution in [2.24, 2.45) is 0 Å². The molecule has 1 fully saturated rings. The Hall–Kier alpha value is -0.630. The molecule has 4 heteroatoms. The van der Waals surface area contributed by atoms with Crippen LogP contribution in [0.5, 0.6) is 0 Å². The van der Waals surface area contributed by atoms with Gasteiger partial charge in [0.2, 0.25) is 0 Å². The number of ether oxygens (including phenoxy) is 1. The van der Waals surface area contributed by atoms with Gasteiger partial charge in [0, 0.05) is 13.1 Å². The van der Waals surface area contributed by atoms with E-state index in [9.17, 15) is 5.26 Å². The number of nitrogens with zero attached hydrogens (tertiary/aromatic N) is 2. The summed E-state index contributed by atoms with van der Waals surface area (Å²) in [7, 11) is 1.88. The van der Waals surface area contributed by atoms with Crippen LogP contribution in [0.2, 0.25) is 0 Å². The van der Waals surface area contributed by atoms with Gasteiger partial charge < -0.3 is 10.1 Å². The molecule has 0 aromatic heterocycles. The quantitative estimate of drug-likeness (QED) is 0.761. The molecule has 0 bridgehead atoms. The van der Waals surface area contributed by atoms with Crippen LogP contribution in [0.4, 0.5) is 0 Å². The summed E-state index contributed by atoms with van der Waals surface area (Å²) in [6.07, 6.45) is 3.19. The Kier molecular flexibility index (Phi) is 5.90. The number of hydrogen-bond acceptors (Lipinski definition) is 4. The monoisotopic (exact) mass is 239 g/mol. The van der Waals surface area contributed by atoms with Gasteiger partial charge in [-0.3, -0.25) is 4.90 Å². The van der Waals surface area contributed by atoms with E-state index in [0.29, 0.717) is 6.10 Å². The minimum absolute atomic E-state index is 0.335. The van der Waals surface area contributed by atoms with Gasteiger partial charge in [-0.1, -0.05) is 6.92 Å². The molecule has 1 aliphatic heterocycles. The lowest BCUT2D eigenvalue weighted by atomic mass is 9.92. The van der Waals surface area contributed by atoms with Crippen molar-refractivity contribution in [2.75, 3.05) is 33.3 Å². The highest BCUT2D eigenvalue weighted by Crippen LogP contribution is 2.16. The summed E-state index contributed by atoms with van der Waals surface area (Å²) < 4.78 is 5.51. The fourth-order valence-corrected chi connectivity index (χ4v) is 2.37. The van der Waals surface area contributed by atoms with Gasteiger partial charge in [-0.25, -0.2) is 0 Å². The third kappa shape index (κ3) is 4.27. The van der Waals surface area contributed by atoms with Crippen molar-refractivity contribution in [1.29, 1.82) is 5.26 Å². The van der Waals surface area contributed by atoms with E-state index in [-0.39, 0.29) is 5.54 Å². The maximum Gasteiger partial charge on any atom is 0.106 e. The molecular weight excluding hydrogens is 214 g/mol. The van der Waals surface area contributed by atoms with Gasteiger partial charge in [0.15, 0.2) is 0 Å². The van der Waals surface area contributed by atoms with E-state index in [0.717, 1.165) is 45.5 Å². The third-order valence-corrected chi connectivity index (χ3v) is 3.70. The molecular formula is C13H25N3O. The zero-order valence-electron chi connectivity index (χ0n) is 11.3. The van der Waals surface area contributed by atoms with Gasteiger partial charge in [-0.15, -0.1) is 0 Å². The molecule has 0 aromatic rings. The molecule has 0 radical (unpaired) electrons. The predicted octanol–water partition coefficient (Wildman–Crippen LogP) is 1.38. The van der Waals surface area contributed by atoms with Crippen LogP contribution in [0.25, 0.3) is 0 Å². The Bertz CT molecular complexity index is 258. The first-order valence-electron chi connectivity index (χ1n) is 6.60. The van der Waals surface area contributed by atoms with Crippen LogP contribution in [0.1, 0.15) is 33.1 Å². The lowest BCUT2D eigenvalue weighted by Gasteiger charge is -2.32. The molecule has 2 unspecified atom stereocenters. The fourth-order valence-electron chi connectivity index (χ4n) is 2.37. The molecule has 1 aliphatic rings. The van der Waals surface area contributed by atoms with E-state index < -0.39 is 0 Å². The lowest BCUT2D eigenvalue weighted by Crippen LogP contribution is -2.44. The Balaban J connectivity index is 2.29. The summed E-state index contributed by atoms with van der Waals surface area (Å²) in [5.74, 6) is 0. The van der Waals surface area contributed by atoms with E-state index in [4.69, 9.17) is 4.74 Å². The van der Waals surface area contributed by atoms with Gasteiger partial charge in [-0.2, -0.15) is 5.26 Å². The second-order valence-electron chi connectivity index (χ2n) is 4.88. The zero-order valence-corrected chi connectivity index (χ0v) is 11.3. The molecule has 0 aliphatic carbocycles. The summed E-state index contributed by atoms with van der Waals surface area (Å²) in [6.45, 7) is 8.13. The second kappa shape index (κ2) is 6.95. The van der Waals surface area contributed by atoms with Crippen molar-refractivity contribution < 1.29 is 4.74 Å². The largest absolute Gasteiger partial charge is 0.376 e. The fraction of sp³-hybridized carbons (Fsp3) is 0.923. The zero-order chi connectivity index (χ0) is 12.7. The first kappa shape index (κ1) is 14.4. The maximum absolute atomic E-state index is 9.21. The molecule has 98 valence electrons. The van der Waals surface area contributed by atoms with Crippen molar-refractivity contribution in [3.05, 3.63) is 0 Å². The minimum Gasteiger partial charge on any atom is -0.376 e. The number of nitriles is 1. The van der Waals surface area contributed by atoms with Crippen LogP contribution in [0, 0.1) is 11.3 Å². The molecule has 0 amide bonds. The van der Waals surface area contributed by atoms with Crippen LogP contribution in [0.15, 0.2) is 0 Å². The summed E-state index contributed by atoms with van der Waals surface area (Å²) in [4.78, 5) is 2.43. The highest BCUT2D eigenvalue weighted by molar-refractivity contribution is 5.05. The Morgan fingerprint density at radius 1 is 1.59 bits per heavy atom. The molecule has 1 saturated heterocycles. The molecule has 0 aromatic carbocycles. The molecule has 0 saturated carbocycles. The summed E-state index contributed by atoms with van der Waals surface area (Å²) >= 11 is 0. The lowest BCUT2D eigenvalue weighted by molar-refractivity contribution is -0.0189. The van der Waals surface area contributed by atoms with Crippen LogP contribution in [0.3, 0.4) is 0 Å². The van der Waals surface area contributed by atoms with Crippen LogP contribution in [-0.4, -0.2) is 49.8 Å². The molecule has 2 atom stereocenters. The normalized spacial score (nSPS) is 25.2. The predicted molar refractivity (Wildman–Crippen MR) is 68.8 cm³/mol. The van der Waals surface area contributed by atoms with Gasteiger partial charge >= 0.3 is 0 Å². The van der Waals surface area contributed by atoms with E-state index in [1.807, 2.05) is 7.05 Å². The number of morpholine rings is 1. The number of hydrogen-bond donors (Lipinski definition) is 1. The van der Waals surface area contributed by atoms with E-state index >= 15 is 0 Å². The Labute approximate surface area is 105 Å². The molecule has 1 heterocycles. The summed E-state index contributed by atoms with van der Waals surface area (Å²) in [6, 6.07) is 2.41. The molecule has 4 nitrogen and oxygen atoms in total. The molecule has 0 spiro atoms. The maximum atomic E-state index is 9.21. The third-order valence-electron chi connectivity index (χ3n) is 3.70. The average Bonchev–Trinajstić information content (AvgIpc) is 2.35. The standard InChI is InChI=1S/C13H25N3O/c1-4-13(11-14,15-3)6-5-7-16-8-9-17-12(2)10-16/h12,15H,4-10H2,1-3H3. The Morgan fingerprint density at radius 2 is 2.35 bits per heavy atom. The van der Waals surface area contributed by atoms with Gasteiger partial charge in [0.05, 0.1) is 18.8 Å². The minimum atomic E-state index is -0.335. The topological polar surface area (TPSA) is 48.3 Å². The summed E-state index contributed by atoms with van der Waals surface area (Å²) in [5, 5.41) is 12.4. The first-order chi connectivity index (χ1) is 8.15. The number of nitrogens with one attached hydrogen (secondary N) is 1. The van der Waals surface area contributed by atoms with E-state index in [1.165, 1.54) is 0 Å². The molecule has 1 rings (SSSR count). The second-order valence-corrected chi connectivity index (χ2v) is 4.88. The smallest absolute Gasteiger partial charge is 0.106 e. The van der Waals surface area contributed by atoms with Crippen molar-refractivity contribution in [2.45, 2.75) is 44.8 Å². The van der Waals surface area contributed by atoms with Crippen molar-refractivity contribution in [3.8, 4) is 6.07 Å². The first-order valence-corrected chi connectivity index (χ1v) is 6.60. The van der Waals surface area contributed by atoms with Gasteiger partial charge in [0.1, 0.15) is 5.54 Å². The van der Waals surface area contributed by atoms with Crippen molar-refractivity contribution >= 4 is 0 Å². The van der Waals surface area contributed by atoms with E-state index in [2.05, 4.69) is 30.1 Å². The highest BCUT2D eigenvalue weighted by Gasteiger charge is 2.25. The molecule has 17 heavy (non-hydrogen) atoms. The summed E-state index contributed by atoms with van der Waals surface area (Å²) in [5.41, 5.74) is -0.335. The SMILES string of the molecule is CCC(C#N)(CCCN1CCOC(C)C1)NC. The van der Waals surface area contributed by atoms with E-state index in [1.54, 1.807) is 0 Å². The van der Waals surface area contributed by atoms with Gasteiger partial charge in [-0.05, 0) is 39.8 Å². The van der Waals surface area contributed by atoms with Crippen molar-refractivity contribution in [1.82, 2.24) is 10.2 Å². The van der Waals surface area contributed by atoms with Crippen LogP contribution >= 0.6 is 0 Å². The van der Waals surface area contributed by atoms with Crippen molar-refractivity contribution in [3.63, 3.8) is 0 Å². The van der Waals surface area contributed by atoms with Crippen LogP contribution < -0.4 is 5.32 Å². The Morgan fingerprint density at radius 3 is 2.88 bits per heavy atom. The van der Waals surface area contributed by atoms with Gasteiger partial charge in [0.25, 0.3) is 0 Å².